The molecule has 0 N–H and O–H groups in total. The normalized spacial score (nSPS) is 10.6. The Balaban J connectivity index is 3.08. The first kappa shape index (κ1) is 13.6. The lowest BCUT2D eigenvalue weighted by molar-refractivity contribution is -0.112. The van der Waals surface area contributed by atoms with Crippen LogP contribution in [-0.2, 0) is 4.79 Å². The SMILES string of the molecule is COc1cc(C)c(C=CC(=O)CCl)cc1OC. The Morgan fingerprint density at radius 1 is 1.29 bits per heavy atom. The monoisotopic (exact) mass is 254 g/mol. The molecule has 0 bridgehead atoms. The fraction of sp³-hybridized carbons (Fsp3) is 0.308. The van der Waals surface area contributed by atoms with Crippen LogP contribution in [0.25, 0.3) is 6.08 Å². The lowest BCUT2D eigenvalue weighted by atomic mass is 10.1. The Bertz CT molecular complexity index is 439. The first-order chi connectivity index (χ1) is 8.12. The summed E-state index contributed by atoms with van der Waals surface area (Å²) in [6.07, 6.45) is 3.18. The number of allylic oxidation sites excluding steroid dienone is 1. The number of ether oxygens (including phenoxy) is 2. The number of carbonyl (C=O) groups excluding carboxylic acids is 1. The van der Waals surface area contributed by atoms with Gasteiger partial charge in [-0.1, -0.05) is 6.08 Å². The molecule has 0 atom stereocenters. The number of ketones is 1. The number of hydrogen-bond acceptors (Lipinski definition) is 3. The summed E-state index contributed by atoms with van der Waals surface area (Å²) in [5, 5.41) is 0. The van der Waals surface area contributed by atoms with Crippen molar-refractivity contribution in [3.63, 3.8) is 0 Å². The van der Waals surface area contributed by atoms with E-state index in [1.807, 2.05) is 19.1 Å². The number of benzene rings is 1. The average molecular weight is 255 g/mol. The number of methoxy groups -OCH3 is 2. The first-order valence-electron chi connectivity index (χ1n) is 5.12. The maximum Gasteiger partial charge on any atom is 0.170 e. The van der Waals surface area contributed by atoms with Crippen molar-refractivity contribution in [1.82, 2.24) is 0 Å². The third-order valence-corrected chi connectivity index (χ3v) is 2.62. The van der Waals surface area contributed by atoms with Crippen LogP contribution in [0.2, 0.25) is 0 Å². The van der Waals surface area contributed by atoms with E-state index in [2.05, 4.69) is 0 Å². The molecule has 1 aromatic carbocycles. The van der Waals surface area contributed by atoms with Gasteiger partial charge in [-0.3, -0.25) is 4.79 Å². The van der Waals surface area contributed by atoms with Gasteiger partial charge in [-0.15, -0.1) is 11.6 Å². The maximum atomic E-state index is 11.1. The molecular formula is C13H15ClO3. The van der Waals surface area contributed by atoms with Crippen molar-refractivity contribution in [2.75, 3.05) is 20.1 Å². The van der Waals surface area contributed by atoms with Gasteiger partial charge in [0.25, 0.3) is 0 Å². The quantitative estimate of drug-likeness (QED) is 0.599. The molecule has 0 amide bonds. The van der Waals surface area contributed by atoms with Crippen molar-refractivity contribution in [3.05, 3.63) is 29.3 Å². The third-order valence-electron chi connectivity index (χ3n) is 2.35. The summed E-state index contributed by atoms with van der Waals surface area (Å²) in [5.74, 6) is 1.17. The van der Waals surface area contributed by atoms with E-state index in [0.29, 0.717) is 11.5 Å². The largest absolute Gasteiger partial charge is 0.493 e. The van der Waals surface area contributed by atoms with E-state index in [9.17, 15) is 4.79 Å². The van der Waals surface area contributed by atoms with Crippen LogP contribution in [0.4, 0.5) is 0 Å². The molecule has 1 rings (SSSR count). The van der Waals surface area contributed by atoms with Gasteiger partial charge in [-0.05, 0) is 36.3 Å². The Hall–Kier alpha value is -1.48. The molecule has 0 radical (unpaired) electrons. The number of alkyl halides is 1. The Morgan fingerprint density at radius 2 is 1.88 bits per heavy atom. The summed E-state index contributed by atoms with van der Waals surface area (Å²) in [5.41, 5.74) is 1.90. The van der Waals surface area contributed by atoms with E-state index in [4.69, 9.17) is 21.1 Å². The van der Waals surface area contributed by atoms with Gasteiger partial charge < -0.3 is 9.47 Å². The van der Waals surface area contributed by atoms with Crippen LogP contribution in [0.5, 0.6) is 11.5 Å². The van der Waals surface area contributed by atoms with Gasteiger partial charge >= 0.3 is 0 Å². The molecule has 0 fully saturated rings. The van der Waals surface area contributed by atoms with Crippen LogP contribution in [0, 0.1) is 6.92 Å². The second-order valence-corrected chi connectivity index (χ2v) is 3.76. The summed E-state index contributed by atoms with van der Waals surface area (Å²) in [4.78, 5) is 11.1. The van der Waals surface area contributed by atoms with Crippen LogP contribution < -0.4 is 9.47 Å². The van der Waals surface area contributed by atoms with E-state index in [1.165, 1.54) is 6.08 Å². The predicted octanol–water partition coefficient (Wildman–Crippen LogP) is 2.83. The van der Waals surface area contributed by atoms with Crippen molar-refractivity contribution in [2.24, 2.45) is 0 Å². The van der Waals surface area contributed by atoms with E-state index < -0.39 is 0 Å². The molecule has 3 nitrogen and oxygen atoms in total. The van der Waals surface area contributed by atoms with Crippen LogP contribution in [0.1, 0.15) is 11.1 Å². The third kappa shape index (κ3) is 3.49. The minimum absolute atomic E-state index is 0.0111. The van der Waals surface area contributed by atoms with E-state index in [-0.39, 0.29) is 11.7 Å². The van der Waals surface area contributed by atoms with E-state index in [0.717, 1.165) is 11.1 Å². The molecule has 0 aliphatic rings. The molecular weight excluding hydrogens is 240 g/mol. The van der Waals surface area contributed by atoms with Crippen molar-refractivity contribution in [3.8, 4) is 11.5 Å². The van der Waals surface area contributed by atoms with Gasteiger partial charge in [0.15, 0.2) is 17.3 Å². The summed E-state index contributed by atoms with van der Waals surface area (Å²) >= 11 is 5.42. The van der Waals surface area contributed by atoms with Gasteiger partial charge in [0, 0.05) is 0 Å². The average Bonchev–Trinajstić information content (AvgIpc) is 2.36. The minimum atomic E-state index is -0.124. The highest BCUT2D eigenvalue weighted by Crippen LogP contribution is 2.30. The van der Waals surface area contributed by atoms with Crippen LogP contribution in [0.15, 0.2) is 18.2 Å². The first-order valence-corrected chi connectivity index (χ1v) is 5.65. The Labute approximate surface area is 106 Å². The topological polar surface area (TPSA) is 35.5 Å². The lowest BCUT2D eigenvalue weighted by Crippen LogP contribution is -1.95. The van der Waals surface area contributed by atoms with Crippen molar-refractivity contribution >= 4 is 23.5 Å². The maximum absolute atomic E-state index is 11.1. The zero-order valence-electron chi connectivity index (χ0n) is 10.1. The van der Waals surface area contributed by atoms with E-state index in [1.54, 1.807) is 20.3 Å². The van der Waals surface area contributed by atoms with Crippen molar-refractivity contribution < 1.29 is 14.3 Å². The number of aryl methyl sites for hydroxylation is 1. The lowest BCUT2D eigenvalue weighted by Gasteiger charge is -2.10. The zero-order valence-corrected chi connectivity index (χ0v) is 10.9. The molecule has 0 aromatic heterocycles. The highest BCUT2D eigenvalue weighted by Gasteiger charge is 2.06. The van der Waals surface area contributed by atoms with Crippen LogP contribution >= 0.6 is 11.6 Å². The van der Waals surface area contributed by atoms with Gasteiger partial charge in [-0.25, -0.2) is 0 Å². The molecule has 0 aliphatic heterocycles. The van der Waals surface area contributed by atoms with Gasteiger partial charge in [0.2, 0.25) is 0 Å². The second kappa shape index (κ2) is 6.30. The van der Waals surface area contributed by atoms with Gasteiger partial charge in [-0.2, -0.15) is 0 Å². The molecule has 4 heteroatoms. The van der Waals surface area contributed by atoms with E-state index >= 15 is 0 Å². The highest BCUT2D eigenvalue weighted by atomic mass is 35.5. The Morgan fingerprint density at radius 3 is 2.41 bits per heavy atom. The fourth-order valence-electron chi connectivity index (χ4n) is 1.40. The van der Waals surface area contributed by atoms with Crippen molar-refractivity contribution in [1.29, 1.82) is 0 Å². The summed E-state index contributed by atoms with van der Waals surface area (Å²) < 4.78 is 10.4. The minimum Gasteiger partial charge on any atom is -0.493 e. The number of hydrogen-bond donors (Lipinski definition) is 0. The number of carbonyl (C=O) groups is 1. The highest BCUT2D eigenvalue weighted by molar-refractivity contribution is 6.29. The summed E-state index contributed by atoms with van der Waals surface area (Å²) in [6.45, 7) is 1.94. The van der Waals surface area contributed by atoms with Crippen molar-refractivity contribution in [2.45, 2.75) is 6.92 Å². The van der Waals surface area contributed by atoms with Gasteiger partial charge in [0.05, 0.1) is 20.1 Å². The summed E-state index contributed by atoms with van der Waals surface area (Å²) in [6, 6.07) is 3.69. The van der Waals surface area contributed by atoms with Crippen LogP contribution in [-0.4, -0.2) is 25.9 Å². The molecule has 1 aromatic rings. The Kier molecular flexibility index (Phi) is 5.04. The smallest absolute Gasteiger partial charge is 0.170 e. The van der Waals surface area contributed by atoms with Gasteiger partial charge in [0.1, 0.15) is 0 Å². The molecule has 92 valence electrons. The molecule has 17 heavy (non-hydrogen) atoms. The fourth-order valence-corrected chi connectivity index (χ4v) is 1.49. The predicted molar refractivity (Wildman–Crippen MR) is 69.0 cm³/mol. The molecule has 0 saturated heterocycles. The number of halogens is 1. The molecule has 0 aliphatic carbocycles. The molecule has 0 spiro atoms. The molecule has 0 heterocycles. The standard InChI is InChI=1S/C13H15ClO3/c1-9-6-12(16-2)13(17-3)7-10(9)4-5-11(15)8-14/h4-7H,8H2,1-3H3. The molecule has 0 saturated carbocycles. The van der Waals surface area contributed by atoms with Crippen LogP contribution in [0.3, 0.4) is 0 Å². The second-order valence-electron chi connectivity index (χ2n) is 3.50. The molecule has 0 unspecified atom stereocenters. The summed E-state index contributed by atoms with van der Waals surface area (Å²) in [7, 11) is 3.16. The number of rotatable bonds is 5. The zero-order chi connectivity index (χ0) is 12.8.